The van der Waals surface area contributed by atoms with E-state index in [1.54, 1.807) is 30.5 Å². The summed E-state index contributed by atoms with van der Waals surface area (Å²) in [5, 5.41) is 9.40. The number of methoxy groups -OCH3 is 1. The molecule has 3 rings (SSSR count). The van der Waals surface area contributed by atoms with Crippen LogP contribution in [0.4, 0.5) is 5.69 Å². The minimum Gasteiger partial charge on any atom is -0.480 e. The van der Waals surface area contributed by atoms with E-state index in [9.17, 15) is 5.26 Å². The van der Waals surface area contributed by atoms with Crippen molar-refractivity contribution in [3.8, 4) is 34.5 Å². The molecule has 2 heterocycles. The summed E-state index contributed by atoms with van der Waals surface area (Å²) in [6, 6.07) is 14.8. The van der Waals surface area contributed by atoms with Gasteiger partial charge in [-0.2, -0.15) is 5.26 Å². The second-order valence-electron chi connectivity index (χ2n) is 4.65. The van der Waals surface area contributed by atoms with E-state index in [1.165, 1.54) is 7.11 Å². The standard InChI is InChI=1S/C17H13N3O2/c1-21-17-14(10-18)13(16-3-2-8-22-16)9-15(20-17)11-4-6-12(19)7-5-11/h2-9H,19H2,1H3. The third-order valence-electron chi connectivity index (χ3n) is 3.28. The molecule has 0 radical (unpaired) electrons. The summed E-state index contributed by atoms with van der Waals surface area (Å²) in [5.41, 5.74) is 8.94. The number of furan rings is 1. The van der Waals surface area contributed by atoms with E-state index < -0.39 is 0 Å². The first-order valence-electron chi connectivity index (χ1n) is 6.62. The van der Waals surface area contributed by atoms with Crippen molar-refractivity contribution in [2.75, 3.05) is 12.8 Å². The molecule has 0 aliphatic carbocycles. The molecule has 0 spiro atoms. The van der Waals surface area contributed by atoms with Gasteiger partial charge >= 0.3 is 0 Å². The summed E-state index contributed by atoms with van der Waals surface area (Å²) in [4.78, 5) is 4.41. The van der Waals surface area contributed by atoms with Gasteiger partial charge in [0.2, 0.25) is 5.88 Å². The van der Waals surface area contributed by atoms with Gasteiger partial charge in [0.25, 0.3) is 0 Å². The average molecular weight is 291 g/mol. The fourth-order valence-corrected chi connectivity index (χ4v) is 2.21. The van der Waals surface area contributed by atoms with Gasteiger partial charge in [-0.15, -0.1) is 0 Å². The van der Waals surface area contributed by atoms with Gasteiger partial charge in [-0.25, -0.2) is 4.98 Å². The molecular formula is C17H13N3O2. The van der Waals surface area contributed by atoms with E-state index >= 15 is 0 Å². The van der Waals surface area contributed by atoms with Crippen LogP contribution < -0.4 is 10.5 Å². The van der Waals surface area contributed by atoms with Crippen LogP contribution in [0.1, 0.15) is 5.56 Å². The summed E-state index contributed by atoms with van der Waals surface area (Å²) in [6.07, 6.45) is 1.56. The van der Waals surface area contributed by atoms with Gasteiger partial charge < -0.3 is 14.9 Å². The molecule has 0 fully saturated rings. The summed E-state index contributed by atoms with van der Waals surface area (Å²) < 4.78 is 10.7. The van der Waals surface area contributed by atoms with Crippen molar-refractivity contribution in [3.63, 3.8) is 0 Å². The molecule has 0 aliphatic rings. The zero-order valence-electron chi connectivity index (χ0n) is 11.9. The molecule has 0 saturated heterocycles. The zero-order chi connectivity index (χ0) is 15.5. The van der Waals surface area contributed by atoms with Crippen LogP contribution in [0.25, 0.3) is 22.6 Å². The van der Waals surface area contributed by atoms with Crippen molar-refractivity contribution in [2.45, 2.75) is 0 Å². The number of nitrogen functional groups attached to an aromatic ring is 1. The molecule has 2 N–H and O–H groups in total. The molecule has 0 aliphatic heterocycles. The predicted molar refractivity (Wildman–Crippen MR) is 83.1 cm³/mol. The number of nitrogens with two attached hydrogens (primary N) is 1. The zero-order valence-corrected chi connectivity index (χ0v) is 11.9. The Labute approximate surface area is 127 Å². The Morgan fingerprint density at radius 2 is 2.00 bits per heavy atom. The maximum Gasteiger partial charge on any atom is 0.232 e. The van der Waals surface area contributed by atoms with E-state index in [-0.39, 0.29) is 5.88 Å². The lowest BCUT2D eigenvalue weighted by Gasteiger charge is -2.10. The molecule has 5 heteroatoms. The number of pyridine rings is 1. The lowest BCUT2D eigenvalue weighted by molar-refractivity contribution is 0.397. The Hall–Kier alpha value is -3.26. The largest absolute Gasteiger partial charge is 0.480 e. The van der Waals surface area contributed by atoms with E-state index in [0.717, 1.165) is 5.56 Å². The van der Waals surface area contributed by atoms with Crippen molar-refractivity contribution in [2.24, 2.45) is 0 Å². The number of nitriles is 1. The molecule has 22 heavy (non-hydrogen) atoms. The fraction of sp³-hybridized carbons (Fsp3) is 0.0588. The number of benzene rings is 1. The molecule has 0 bridgehead atoms. The molecule has 5 nitrogen and oxygen atoms in total. The molecule has 108 valence electrons. The topological polar surface area (TPSA) is 85.1 Å². The third-order valence-corrected chi connectivity index (χ3v) is 3.28. The first kappa shape index (κ1) is 13.7. The minimum atomic E-state index is 0.267. The van der Waals surface area contributed by atoms with E-state index in [4.69, 9.17) is 14.9 Å². The van der Waals surface area contributed by atoms with Gasteiger partial charge in [0, 0.05) is 16.8 Å². The van der Waals surface area contributed by atoms with Crippen LogP contribution in [0.3, 0.4) is 0 Å². The second-order valence-corrected chi connectivity index (χ2v) is 4.65. The first-order valence-corrected chi connectivity index (χ1v) is 6.62. The second kappa shape index (κ2) is 5.62. The van der Waals surface area contributed by atoms with Crippen molar-refractivity contribution in [1.29, 1.82) is 5.26 Å². The van der Waals surface area contributed by atoms with Crippen LogP contribution in [-0.2, 0) is 0 Å². The van der Waals surface area contributed by atoms with Crippen LogP contribution in [0, 0.1) is 11.3 Å². The monoisotopic (exact) mass is 291 g/mol. The van der Waals surface area contributed by atoms with Crippen molar-refractivity contribution in [1.82, 2.24) is 4.98 Å². The molecule has 2 aromatic heterocycles. The summed E-state index contributed by atoms with van der Waals surface area (Å²) in [7, 11) is 1.49. The normalized spacial score (nSPS) is 10.2. The Morgan fingerprint density at radius 1 is 1.23 bits per heavy atom. The molecule has 1 aromatic carbocycles. The van der Waals surface area contributed by atoms with E-state index in [1.807, 2.05) is 18.2 Å². The number of nitrogens with zero attached hydrogens (tertiary/aromatic N) is 2. The maximum atomic E-state index is 9.40. The smallest absolute Gasteiger partial charge is 0.232 e. The van der Waals surface area contributed by atoms with Gasteiger partial charge in [-0.3, -0.25) is 0 Å². The number of hydrogen-bond donors (Lipinski definition) is 1. The highest BCUT2D eigenvalue weighted by Gasteiger charge is 2.17. The predicted octanol–water partition coefficient (Wildman–Crippen LogP) is 3.47. The van der Waals surface area contributed by atoms with Gasteiger partial charge in [0.15, 0.2) is 0 Å². The number of ether oxygens (including phenoxy) is 1. The van der Waals surface area contributed by atoms with Gasteiger partial charge in [0.05, 0.1) is 19.1 Å². The molecule has 0 saturated carbocycles. The van der Waals surface area contributed by atoms with Crippen molar-refractivity contribution in [3.05, 3.63) is 54.3 Å². The lowest BCUT2D eigenvalue weighted by Crippen LogP contribution is -1.97. The quantitative estimate of drug-likeness (QED) is 0.747. The number of rotatable bonds is 3. The SMILES string of the molecule is COc1nc(-c2ccc(N)cc2)cc(-c2ccco2)c1C#N. The number of hydrogen-bond acceptors (Lipinski definition) is 5. The Kier molecular flexibility index (Phi) is 3.50. The van der Waals surface area contributed by atoms with Gasteiger partial charge in [-0.1, -0.05) is 12.1 Å². The number of anilines is 1. The number of aromatic nitrogens is 1. The van der Waals surface area contributed by atoms with Crippen LogP contribution in [0.15, 0.2) is 53.1 Å². The molecular weight excluding hydrogens is 278 g/mol. The Balaban J connectivity index is 2.23. The Morgan fingerprint density at radius 3 is 2.59 bits per heavy atom. The van der Waals surface area contributed by atoms with Crippen LogP contribution in [0.5, 0.6) is 5.88 Å². The lowest BCUT2D eigenvalue weighted by atomic mass is 10.0. The highest BCUT2D eigenvalue weighted by atomic mass is 16.5. The van der Waals surface area contributed by atoms with Gasteiger partial charge in [-0.05, 0) is 30.3 Å². The van der Waals surface area contributed by atoms with Gasteiger partial charge in [0.1, 0.15) is 17.4 Å². The van der Waals surface area contributed by atoms with E-state index in [2.05, 4.69) is 11.1 Å². The summed E-state index contributed by atoms with van der Waals surface area (Å²) in [6.45, 7) is 0. The highest BCUT2D eigenvalue weighted by Crippen LogP contribution is 2.33. The van der Waals surface area contributed by atoms with Crippen molar-refractivity contribution < 1.29 is 9.15 Å². The van der Waals surface area contributed by atoms with Crippen molar-refractivity contribution >= 4 is 5.69 Å². The van der Waals surface area contributed by atoms with Crippen LogP contribution in [0.2, 0.25) is 0 Å². The minimum absolute atomic E-state index is 0.267. The Bertz CT molecular complexity index is 832. The molecule has 0 atom stereocenters. The molecule has 0 amide bonds. The fourth-order valence-electron chi connectivity index (χ4n) is 2.21. The maximum absolute atomic E-state index is 9.40. The van der Waals surface area contributed by atoms with Crippen LogP contribution >= 0.6 is 0 Å². The molecule has 0 unspecified atom stereocenters. The van der Waals surface area contributed by atoms with Crippen LogP contribution in [-0.4, -0.2) is 12.1 Å². The average Bonchev–Trinajstić information content (AvgIpc) is 3.08. The summed E-state index contributed by atoms with van der Waals surface area (Å²) >= 11 is 0. The first-order chi connectivity index (χ1) is 10.7. The molecule has 3 aromatic rings. The van der Waals surface area contributed by atoms with E-state index in [0.29, 0.717) is 28.3 Å². The highest BCUT2D eigenvalue weighted by molar-refractivity contribution is 5.75. The summed E-state index contributed by atoms with van der Waals surface area (Å²) in [5.74, 6) is 0.858. The third kappa shape index (κ3) is 2.38.